The van der Waals surface area contributed by atoms with Gasteiger partial charge in [-0.25, -0.2) is 0 Å². The fraction of sp³-hybridized carbons (Fsp3) is 0.467. The van der Waals surface area contributed by atoms with E-state index < -0.39 is 11.5 Å². The highest BCUT2D eigenvalue weighted by Crippen LogP contribution is 2.32. The Hall–Kier alpha value is -2.04. The number of nitrogens with one attached hydrogen (secondary N) is 1. The first-order valence-corrected chi connectivity index (χ1v) is 6.80. The zero-order chi connectivity index (χ0) is 14.6. The number of hydrogen-bond donors (Lipinski definition) is 3. The third-order valence-electron chi connectivity index (χ3n) is 3.80. The molecule has 0 bridgehead atoms. The number of para-hydroxylation sites is 1. The Kier molecular flexibility index (Phi) is 4.27. The molecule has 108 valence electrons. The molecule has 0 aromatic heterocycles. The number of carbonyl (C=O) groups is 2. The van der Waals surface area contributed by atoms with Crippen molar-refractivity contribution in [2.24, 2.45) is 0 Å². The number of rotatable bonds is 5. The summed E-state index contributed by atoms with van der Waals surface area (Å²) in [7, 11) is 0. The van der Waals surface area contributed by atoms with E-state index in [0.29, 0.717) is 18.4 Å². The van der Waals surface area contributed by atoms with Crippen molar-refractivity contribution in [2.75, 3.05) is 0 Å². The topological polar surface area (TPSA) is 86.6 Å². The maximum atomic E-state index is 12.1. The van der Waals surface area contributed by atoms with E-state index in [4.69, 9.17) is 5.11 Å². The number of hydrogen-bond acceptors (Lipinski definition) is 3. The summed E-state index contributed by atoms with van der Waals surface area (Å²) in [5.41, 5.74) is -0.0682. The smallest absolute Gasteiger partial charge is 0.305 e. The van der Waals surface area contributed by atoms with Crippen molar-refractivity contribution in [1.82, 2.24) is 5.32 Å². The van der Waals surface area contributed by atoms with Crippen LogP contribution in [-0.4, -0.2) is 27.6 Å². The number of phenolic OH excluding ortho intramolecular Hbond substituents is 1. The molecule has 1 aliphatic carbocycles. The summed E-state index contributed by atoms with van der Waals surface area (Å²) in [6, 6.07) is 6.67. The lowest BCUT2D eigenvalue weighted by molar-refractivity contribution is -0.139. The Bertz CT molecular complexity index is 506. The van der Waals surface area contributed by atoms with Crippen LogP contribution in [-0.2, 0) is 16.0 Å². The molecule has 0 atom stereocenters. The summed E-state index contributed by atoms with van der Waals surface area (Å²) in [5.74, 6) is -1.05. The van der Waals surface area contributed by atoms with E-state index in [9.17, 15) is 14.7 Å². The molecule has 5 nitrogen and oxygen atoms in total. The van der Waals surface area contributed by atoms with Gasteiger partial charge >= 0.3 is 5.97 Å². The summed E-state index contributed by atoms with van der Waals surface area (Å²) >= 11 is 0. The van der Waals surface area contributed by atoms with Crippen LogP contribution < -0.4 is 5.32 Å². The zero-order valence-electron chi connectivity index (χ0n) is 11.3. The molecule has 0 unspecified atom stereocenters. The van der Waals surface area contributed by atoms with Gasteiger partial charge in [-0.1, -0.05) is 31.0 Å². The normalized spacial score (nSPS) is 16.8. The maximum Gasteiger partial charge on any atom is 0.305 e. The molecule has 0 saturated heterocycles. The molecule has 2 rings (SSSR count). The second-order valence-electron chi connectivity index (χ2n) is 5.41. The second kappa shape index (κ2) is 5.94. The van der Waals surface area contributed by atoms with Crippen LogP contribution in [0.2, 0.25) is 0 Å². The van der Waals surface area contributed by atoms with Crippen molar-refractivity contribution in [3.05, 3.63) is 29.8 Å². The molecule has 0 aliphatic heterocycles. The molecular formula is C15H19NO4. The van der Waals surface area contributed by atoms with E-state index in [1.807, 2.05) is 0 Å². The predicted octanol–water partition coefficient (Wildman–Crippen LogP) is 1.84. The van der Waals surface area contributed by atoms with Crippen LogP contribution in [0, 0.1) is 0 Å². The number of carboxylic acids is 1. The highest BCUT2D eigenvalue weighted by Gasteiger charge is 2.37. The summed E-state index contributed by atoms with van der Waals surface area (Å²) in [6.45, 7) is 0. The highest BCUT2D eigenvalue weighted by atomic mass is 16.4. The molecule has 3 N–H and O–H groups in total. The Morgan fingerprint density at radius 1 is 1.20 bits per heavy atom. The molecule has 1 aromatic rings. The molecule has 5 heteroatoms. The van der Waals surface area contributed by atoms with Crippen molar-refractivity contribution < 1.29 is 19.8 Å². The second-order valence-corrected chi connectivity index (χ2v) is 5.41. The van der Waals surface area contributed by atoms with Gasteiger partial charge < -0.3 is 15.5 Å². The molecule has 0 spiro atoms. The van der Waals surface area contributed by atoms with Gasteiger partial charge in [0.05, 0.1) is 18.4 Å². The third kappa shape index (κ3) is 3.50. The van der Waals surface area contributed by atoms with E-state index in [2.05, 4.69) is 5.32 Å². The fourth-order valence-electron chi connectivity index (χ4n) is 2.86. The molecule has 1 aliphatic rings. The van der Waals surface area contributed by atoms with Crippen molar-refractivity contribution in [3.63, 3.8) is 0 Å². The minimum absolute atomic E-state index is 0.0422. The van der Waals surface area contributed by atoms with Gasteiger partial charge in [0.25, 0.3) is 0 Å². The lowest BCUT2D eigenvalue weighted by atomic mass is 9.92. The molecule has 20 heavy (non-hydrogen) atoms. The lowest BCUT2D eigenvalue weighted by Gasteiger charge is -2.28. The predicted molar refractivity (Wildman–Crippen MR) is 73.4 cm³/mol. The van der Waals surface area contributed by atoms with Gasteiger partial charge in [0, 0.05) is 5.56 Å². The van der Waals surface area contributed by atoms with Gasteiger partial charge in [0.1, 0.15) is 5.75 Å². The van der Waals surface area contributed by atoms with Crippen molar-refractivity contribution in [3.8, 4) is 5.75 Å². The first kappa shape index (κ1) is 14.4. The first-order chi connectivity index (χ1) is 9.51. The van der Waals surface area contributed by atoms with Crippen LogP contribution in [0.5, 0.6) is 5.75 Å². The average Bonchev–Trinajstić information content (AvgIpc) is 2.79. The van der Waals surface area contributed by atoms with Gasteiger partial charge in [-0.15, -0.1) is 0 Å². The summed E-state index contributed by atoms with van der Waals surface area (Å²) in [5, 5.41) is 21.5. The largest absolute Gasteiger partial charge is 0.508 e. The molecule has 1 saturated carbocycles. The lowest BCUT2D eigenvalue weighted by Crippen LogP contribution is -2.48. The van der Waals surface area contributed by atoms with Crippen LogP contribution in [0.4, 0.5) is 0 Å². The number of carboxylic acid groups (broad SMARTS) is 1. The fourth-order valence-corrected chi connectivity index (χ4v) is 2.86. The summed E-state index contributed by atoms with van der Waals surface area (Å²) < 4.78 is 0. The minimum Gasteiger partial charge on any atom is -0.508 e. The average molecular weight is 277 g/mol. The Balaban J connectivity index is 2.02. The Morgan fingerprint density at radius 2 is 1.85 bits per heavy atom. The number of benzene rings is 1. The summed E-state index contributed by atoms with van der Waals surface area (Å²) in [4.78, 5) is 23.1. The molecular weight excluding hydrogens is 258 g/mol. The van der Waals surface area contributed by atoms with Gasteiger partial charge in [-0.3, -0.25) is 9.59 Å². The van der Waals surface area contributed by atoms with E-state index in [0.717, 1.165) is 12.8 Å². The van der Waals surface area contributed by atoms with Crippen LogP contribution in [0.3, 0.4) is 0 Å². The quantitative estimate of drug-likeness (QED) is 0.766. The van der Waals surface area contributed by atoms with Gasteiger partial charge in [0.15, 0.2) is 0 Å². The zero-order valence-corrected chi connectivity index (χ0v) is 11.3. The van der Waals surface area contributed by atoms with Gasteiger partial charge in [-0.05, 0) is 18.9 Å². The van der Waals surface area contributed by atoms with E-state index >= 15 is 0 Å². The van der Waals surface area contributed by atoms with Gasteiger partial charge in [0.2, 0.25) is 5.91 Å². The van der Waals surface area contributed by atoms with Crippen LogP contribution in [0.25, 0.3) is 0 Å². The molecule has 1 aromatic carbocycles. The Morgan fingerprint density at radius 3 is 2.45 bits per heavy atom. The third-order valence-corrected chi connectivity index (χ3v) is 3.80. The maximum absolute atomic E-state index is 12.1. The molecule has 1 fully saturated rings. The van der Waals surface area contributed by atoms with E-state index in [-0.39, 0.29) is 24.5 Å². The van der Waals surface area contributed by atoms with Crippen molar-refractivity contribution in [1.29, 1.82) is 0 Å². The SMILES string of the molecule is O=C(O)CC1(NC(=O)Cc2ccccc2O)CCCC1. The first-order valence-electron chi connectivity index (χ1n) is 6.80. The number of aliphatic carboxylic acids is 1. The number of aromatic hydroxyl groups is 1. The number of carbonyl (C=O) groups excluding carboxylic acids is 1. The number of amides is 1. The molecule has 1 amide bonds. The molecule has 0 radical (unpaired) electrons. The van der Waals surface area contributed by atoms with Crippen molar-refractivity contribution in [2.45, 2.75) is 44.1 Å². The van der Waals surface area contributed by atoms with Crippen molar-refractivity contribution >= 4 is 11.9 Å². The van der Waals surface area contributed by atoms with Gasteiger partial charge in [-0.2, -0.15) is 0 Å². The molecule has 0 heterocycles. The summed E-state index contributed by atoms with van der Waals surface area (Å²) in [6.07, 6.45) is 3.29. The van der Waals surface area contributed by atoms with Crippen LogP contribution in [0.15, 0.2) is 24.3 Å². The standard InChI is InChI=1S/C15H19NO4/c17-12-6-2-1-5-11(12)9-13(18)16-15(10-14(19)20)7-3-4-8-15/h1-2,5-6,17H,3-4,7-10H2,(H,16,18)(H,19,20). The minimum atomic E-state index is -0.894. The monoisotopic (exact) mass is 277 g/mol. The van der Waals surface area contributed by atoms with Crippen LogP contribution >= 0.6 is 0 Å². The Labute approximate surface area is 117 Å². The van der Waals surface area contributed by atoms with Crippen LogP contribution in [0.1, 0.15) is 37.7 Å². The highest BCUT2D eigenvalue weighted by molar-refractivity contribution is 5.81. The number of phenols is 1. The van der Waals surface area contributed by atoms with E-state index in [1.165, 1.54) is 6.07 Å². The van der Waals surface area contributed by atoms with E-state index in [1.54, 1.807) is 18.2 Å².